The second-order valence-electron chi connectivity index (χ2n) is 10.3. The summed E-state index contributed by atoms with van der Waals surface area (Å²) in [5.41, 5.74) is 7.45. The third kappa shape index (κ3) is 3.52. The summed E-state index contributed by atoms with van der Waals surface area (Å²) < 4.78 is 26.2. The van der Waals surface area contributed by atoms with Gasteiger partial charge in [-0.05, 0) is 73.6 Å². The molecule has 2 fully saturated rings. The molecule has 1 spiro atoms. The Balaban J connectivity index is 1.38. The number of aliphatic imine (C=N–C) groups is 1. The lowest BCUT2D eigenvalue weighted by Crippen LogP contribution is -2.54. The Labute approximate surface area is 202 Å². The molecule has 2 aliphatic carbocycles. The van der Waals surface area contributed by atoms with Crippen LogP contribution in [0.15, 0.2) is 41.4 Å². The quantitative estimate of drug-likeness (QED) is 0.671. The number of carbonyl (C=O) groups excluding carboxylic acids is 1. The van der Waals surface area contributed by atoms with Crippen molar-refractivity contribution in [2.75, 3.05) is 6.61 Å². The van der Waals surface area contributed by atoms with Gasteiger partial charge in [-0.2, -0.15) is 0 Å². The minimum atomic E-state index is -0.720. The number of nitrogens with two attached hydrogens (primary N) is 1. The monoisotopic (exact) mass is 483 g/mol. The smallest absolute Gasteiger partial charge is 0.283 e. The van der Waals surface area contributed by atoms with Gasteiger partial charge in [0.1, 0.15) is 29.8 Å². The van der Waals surface area contributed by atoms with Crippen molar-refractivity contribution in [1.82, 2.24) is 5.32 Å². The van der Waals surface area contributed by atoms with Crippen LogP contribution in [0.2, 0.25) is 5.02 Å². The third-order valence-electron chi connectivity index (χ3n) is 7.95. The molecule has 2 aromatic carbocycles. The summed E-state index contributed by atoms with van der Waals surface area (Å²) in [5, 5.41) is 3.61. The standard InChI is InChI=1S/C26H27ClFN3O3/c1-25(6-7-25)23(32)30-18-3-5-22-20(12-18)26(13-33-24(29)31-26)19-10-14(2-4-21(19)34-22)15-8-16(27)11-17(28)9-15/h2,4,8-11,18,20,22H,3,5-7,12-13H2,1H3,(H2,29,31)(H,30,32)/t18-,20-,22-,26?/m0/s1. The SMILES string of the molecule is CC1(C(=O)N[C@H]2CC[C@@H]3Oc4ccc(-c5cc(F)cc(Cl)c5)cc4C4(COC(N)=N4)[C@H]3C2)CC1. The fraction of sp³-hybridized carbons (Fsp3) is 0.462. The molecule has 0 radical (unpaired) electrons. The van der Waals surface area contributed by atoms with E-state index in [9.17, 15) is 9.18 Å². The van der Waals surface area contributed by atoms with Gasteiger partial charge in [0.15, 0.2) is 0 Å². The van der Waals surface area contributed by atoms with Crippen LogP contribution < -0.4 is 15.8 Å². The summed E-state index contributed by atoms with van der Waals surface area (Å²) in [5.74, 6) is 0.465. The normalized spacial score (nSPS) is 30.4. The Morgan fingerprint density at radius 1 is 1.21 bits per heavy atom. The van der Waals surface area contributed by atoms with E-state index < -0.39 is 11.4 Å². The summed E-state index contributed by atoms with van der Waals surface area (Å²) >= 11 is 6.11. The number of hydrogen-bond donors (Lipinski definition) is 2. The zero-order chi connectivity index (χ0) is 23.7. The minimum absolute atomic E-state index is 0.0153. The molecule has 4 aliphatic rings. The molecule has 4 atom stereocenters. The Morgan fingerprint density at radius 3 is 2.74 bits per heavy atom. The number of amidine groups is 1. The summed E-state index contributed by atoms with van der Waals surface area (Å²) in [6.45, 7) is 2.33. The summed E-state index contributed by atoms with van der Waals surface area (Å²) in [7, 11) is 0. The van der Waals surface area contributed by atoms with Crippen molar-refractivity contribution in [3.8, 4) is 16.9 Å². The number of nitrogens with zero attached hydrogens (tertiary/aromatic N) is 1. The lowest BCUT2D eigenvalue weighted by atomic mass is 9.67. The predicted octanol–water partition coefficient (Wildman–Crippen LogP) is 4.53. The van der Waals surface area contributed by atoms with Crippen LogP contribution in [0.1, 0.15) is 44.6 Å². The van der Waals surface area contributed by atoms with Crippen LogP contribution in [0.4, 0.5) is 4.39 Å². The van der Waals surface area contributed by atoms with Gasteiger partial charge in [-0.15, -0.1) is 0 Å². The van der Waals surface area contributed by atoms with Crippen molar-refractivity contribution >= 4 is 23.5 Å². The maximum atomic E-state index is 14.1. The molecule has 2 aromatic rings. The first-order valence-electron chi connectivity index (χ1n) is 11.8. The molecule has 2 saturated carbocycles. The van der Waals surface area contributed by atoms with Gasteiger partial charge >= 0.3 is 0 Å². The largest absolute Gasteiger partial charge is 0.490 e. The van der Waals surface area contributed by atoms with Crippen molar-refractivity contribution in [2.45, 2.75) is 56.7 Å². The molecule has 2 aliphatic heterocycles. The van der Waals surface area contributed by atoms with Crippen LogP contribution in [-0.2, 0) is 15.1 Å². The van der Waals surface area contributed by atoms with Crippen LogP contribution in [0, 0.1) is 17.2 Å². The minimum Gasteiger partial charge on any atom is -0.490 e. The summed E-state index contributed by atoms with van der Waals surface area (Å²) in [6, 6.07) is 10.5. The zero-order valence-corrected chi connectivity index (χ0v) is 19.7. The molecule has 0 aromatic heterocycles. The van der Waals surface area contributed by atoms with Crippen LogP contribution in [0.5, 0.6) is 5.75 Å². The molecule has 6 nitrogen and oxygen atoms in total. The average molecular weight is 484 g/mol. The number of amides is 1. The van der Waals surface area contributed by atoms with E-state index in [0.29, 0.717) is 17.2 Å². The molecule has 1 amide bonds. The average Bonchev–Trinajstić information content (AvgIpc) is 3.44. The molecule has 0 bridgehead atoms. The van der Waals surface area contributed by atoms with Gasteiger partial charge in [0, 0.05) is 28.0 Å². The molecule has 2 heterocycles. The van der Waals surface area contributed by atoms with Gasteiger partial charge in [0.25, 0.3) is 6.02 Å². The highest BCUT2D eigenvalue weighted by Gasteiger charge is 2.56. The molecule has 178 valence electrons. The highest BCUT2D eigenvalue weighted by Crippen LogP contribution is 2.53. The number of fused-ring (bicyclic) bond motifs is 4. The lowest BCUT2D eigenvalue weighted by molar-refractivity contribution is -0.127. The highest BCUT2D eigenvalue weighted by atomic mass is 35.5. The topological polar surface area (TPSA) is 85.9 Å². The van der Waals surface area contributed by atoms with E-state index in [1.54, 1.807) is 6.07 Å². The molecule has 3 N–H and O–H groups in total. The number of hydrogen-bond acceptors (Lipinski definition) is 5. The highest BCUT2D eigenvalue weighted by molar-refractivity contribution is 6.30. The van der Waals surface area contributed by atoms with Crippen molar-refractivity contribution in [3.63, 3.8) is 0 Å². The maximum absolute atomic E-state index is 14.1. The second-order valence-corrected chi connectivity index (χ2v) is 10.8. The first-order valence-corrected chi connectivity index (χ1v) is 12.2. The van der Waals surface area contributed by atoms with Gasteiger partial charge in [-0.25, -0.2) is 9.38 Å². The van der Waals surface area contributed by atoms with Gasteiger partial charge in [0.05, 0.1) is 0 Å². The van der Waals surface area contributed by atoms with E-state index in [4.69, 9.17) is 31.8 Å². The Bertz CT molecular complexity index is 1190. The molecule has 8 heteroatoms. The summed E-state index contributed by atoms with van der Waals surface area (Å²) in [6.07, 6.45) is 4.23. The van der Waals surface area contributed by atoms with Crippen LogP contribution >= 0.6 is 11.6 Å². The van der Waals surface area contributed by atoms with Crippen molar-refractivity contribution in [2.24, 2.45) is 22.1 Å². The Morgan fingerprint density at radius 2 is 2.03 bits per heavy atom. The van der Waals surface area contributed by atoms with E-state index in [-0.39, 0.29) is 35.4 Å². The number of rotatable bonds is 3. The number of carbonyl (C=O) groups is 1. The number of nitrogens with one attached hydrogen (secondary N) is 1. The number of ether oxygens (including phenoxy) is 2. The van der Waals surface area contributed by atoms with Crippen molar-refractivity contribution in [1.29, 1.82) is 0 Å². The Hall–Kier alpha value is -2.80. The zero-order valence-electron chi connectivity index (χ0n) is 18.9. The first-order chi connectivity index (χ1) is 16.3. The predicted molar refractivity (Wildman–Crippen MR) is 127 cm³/mol. The van der Waals surface area contributed by atoms with Crippen molar-refractivity contribution < 1.29 is 18.7 Å². The van der Waals surface area contributed by atoms with Crippen LogP contribution in [-0.4, -0.2) is 30.7 Å². The van der Waals surface area contributed by atoms with E-state index in [1.165, 1.54) is 12.1 Å². The molecular weight excluding hydrogens is 457 g/mol. The number of benzene rings is 2. The lowest BCUT2D eigenvalue weighted by Gasteiger charge is -2.48. The molecular formula is C26H27ClFN3O3. The molecule has 6 rings (SSSR count). The van der Waals surface area contributed by atoms with E-state index in [1.807, 2.05) is 25.1 Å². The fourth-order valence-electron chi connectivity index (χ4n) is 5.70. The van der Waals surface area contributed by atoms with E-state index in [0.717, 1.165) is 49.0 Å². The van der Waals surface area contributed by atoms with Gasteiger partial charge < -0.3 is 20.5 Å². The van der Waals surface area contributed by atoms with Gasteiger partial charge in [0.2, 0.25) is 5.91 Å². The van der Waals surface area contributed by atoms with E-state index in [2.05, 4.69) is 5.32 Å². The van der Waals surface area contributed by atoms with Gasteiger partial charge in [-0.1, -0.05) is 24.6 Å². The number of halogens is 2. The fourth-order valence-corrected chi connectivity index (χ4v) is 5.92. The first kappa shape index (κ1) is 21.7. The van der Waals surface area contributed by atoms with E-state index >= 15 is 0 Å². The van der Waals surface area contributed by atoms with Gasteiger partial charge in [-0.3, -0.25) is 4.79 Å². The maximum Gasteiger partial charge on any atom is 0.283 e. The summed E-state index contributed by atoms with van der Waals surface area (Å²) in [4.78, 5) is 17.5. The third-order valence-corrected chi connectivity index (χ3v) is 8.17. The molecule has 1 unspecified atom stereocenters. The Kier molecular flexibility index (Phi) is 4.86. The second kappa shape index (κ2) is 7.60. The molecule has 34 heavy (non-hydrogen) atoms. The van der Waals surface area contributed by atoms with Crippen molar-refractivity contribution in [3.05, 3.63) is 52.8 Å². The molecule has 0 saturated heterocycles. The van der Waals surface area contributed by atoms with Crippen LogP contribution in [0.3, 0.4) is 0 Å². The van der Waals surface area contributed by atoms with Crippen LogP contribution in [0.25, 0.3) is 11.1 Å².